The summed E-state index contributed by atoms with van der Waals surface area (Å²) in [5, 5.41) is 10.3. The maximum Gasteiger partial charge on any atom is 0.344 e. The van der Waals surface area contributed by atoms with Crippen LogP contribution in [0, 0.1) is 46.3 Å². The van der Waals surface area contributed by atoms with Crippen molar-refractivity contribution >= 4 is 11.9 Å². The zero-order valence-electron chi connectivity index (χ0n) is 23.1. The summed E-state index contributed by atoms with van der Waals surface area (Å²) in [6.45, 7) is 12.6. The molecular weight excluding hydrogens is 440 g/mol. The number of rotatable bonds is 6. The van der Waals surface area contributed by atoms with Gasteiger partial charge in [-0.05, 0) is 131 Å². The molecule has 4 rings (SSSR count). The molecule has 4 saturated carbocycles. The van der Waals surface area contributed by atoms with Crippen molar-refractivity contribution in [3.63, 3.8) is 0 Å². The molecule has 0 amide bonds. The molecule has 0 radical (unpaired) electrons. The predicted octanol–water partition coefficient (Wildman–Crippen LogP) is 6.31. The van der Waals surface area contributed by atoms with Crippen LogP contribution in [-0.2, 0) is 19.1 Å². The molecule has 5 nitrogen and oxygen atoms in total. The number of fused-ring (bicyclic) bond motifs is 5. The summed E-state index contributed by atoms with van der Waals surface area (Å²) in [7, 11) is 0. The van der Waals surface area contributed by atoms with Gasteiger partial charge in [-0.1, -0.05) is 20.8 Å². The van der Waals surface area contributed by atoms with Crippen LogP contribution in [0.1, 0.15) is 112 Å². The van der Waals surface area contributed by atoms with Crippen molar-refractivity contribution in [2.24, 2.45) is 46.3 Å². The quantitative estimate of drug-likeness (QED) is 0.442. The molecule has 0 aromatic heterocycles. The van der Waals surface area contributed by atoms with Crippen molar-refractivity contribution in [1.82, 2.24) is 0 Å². The van der Waals surface area contributed by atoms with Crippen molar-refractivity contribution < 1.29 is 24.2 Å². The first-order valence-corrected chi connectivity index (χ1v) is 14.4. The molecule has 1 N–H and O–H groups in total. The molecular formula is C30H50O5. The molecule has 0 heterocycles. The fourth-order valence-corrected chi connectivity index (χ4v) is 9.34. The van der Waals surface area contributed by atoms with Crippen LogP contribution in [0.3, 0.4) is 0 Å². The van der Waals surface area contributed by atoms with Gasteiger partial charge in [0.2, 0.25) is 0 Å². The number of carbonyl (C=O) groups is 2. The van der Waals surface area contributed by atoms with Crippen molar-refractivity contribution in [3.05, 3.63) is 0 Å². The summed E-state index contributed by atoms with van der Waals surface area (Å²) in [4.78, 5) is 24.2. The van der Waals surface area contributed by atoms with Crippen LogP contribution in [0.4, 0.5) is 0 Å². The van der Waals surface area contributed by atoms with E-state index in [2.05, 4.69) is 20.8 Å². The maximum atomic E-state index is 12.3. The van der Waals surface area contributed by atoms with Gasteiger partial charge in [-0.2, -0.15) is 0 Å². The molecule has 35 heavy (non-hydrogen) atoms. The minimum absolute atomic E-state index is 0.0778. The van der Waals surface area contributed by atoms with E-state index in [1.807, 2.05) is 20.8 Å². The summed E-state index contributed by atoms with van der Waals surface area (Å²) in [5.41, 5.74) is 0.226. The average molecular weight is 491 g/mol. The number of hydrogen-bond donors (Lipinski definition) is 1. The molecule has 4 aliphatic carbocycles. The minimum atomic E-state index is -0.569. The van der Waals surface area contributed by atoms with Gasteiger partial charge in [-0.15, -0.1) is 0 Å². The highest BCUT2D eigenvalue weighted by Gasteiger charge is 2.60. The van der Waals surface area contributed by atoms with E-state index >= 15 is 0 Å². The summed E-state index contributed by atoms with van der Waals surface area (Å²) in [6.07, 6.45) is 12.2. The van der Waals surface area contributed by atoms with E-state index < -0.39 is 11.6 Å². The third-order valence-electron chi connectivity index (χ3n) is 11.0. The number of carbonyl (C=O) groups excluding carboxylic acids is 2. The largest absolute Gasteiger partial charge is 0.457 e. The van der Waals surface area contributed by atoms with Gasteiger partial charge < -0.3 is 14.6 Å². The van der Waals surface area contributed by atoms with Crippen LogP contribution in [0.25, 0.3) is 0 Å². The Hall–Kier alpha value is -1.10. The highest BCUT2D eigenvalue weighted by atomic mass is 16.6. The van der Waals surface area contributed by atoms with Gasteiger partial charge in [0, 0.05) is 6.42 Å². The molecule has 4 fully saturated rings. The Morgan fingerprint density at radius 1 is 0.943 bits per heavy atom. The van der Waals surface area contributed by atoms with E-state index in [0.717, 1.165) is 37.0 Å². The molecule has 200 valence electrons. The van der Waals surface area contributed by atoms with Crippen molar-refractivity contribution in [2.45, 2.75) is 124 Å². The molecule has 0 unspecified atom stereocenters. The SMILES string of the molecule is C[C@H](CCC(=O)OCC(=O)OC(C)(C)C)[C@H]1CC[C@H]2[C@@H]3CC[C@@H]4C[C@H](O)CC[C@]4(C)[C@H]3CC[C@]12C. The summed E-state index contributed by atoms with van der Waals surface area (Å²) in [5.74, 6) is 3.52. The van der Waals surface area contributed by atoms with E-state index in [-0.39, 0.29) is 18.7 Å². The van der Waals surface area contributed by atoms with E-state index in [1.54, 1.807) is 0 Å². The smallest absolute Gasteiger partial charge is 0.344 e. The topological polar surface area (TPSA) is 72.8 Å². The first-order valence-electron chi connectivity index (χ1n) is 14.4. The van der Waals surface area contributed by atoms with Crippen molar-refractivity contribution in [3.8, 4) is 0 Å². The first-order chi connectivity index (χ1) is 16.3. The molecule has 0 spiro atoms. The lowest BCUT2D eigenvalue weighted by Crippen LogP contribution is -2.54. The number of aliphatic hydroxyl groups excluding tert-OH is 1. The van der Waals surface area contributed by atoms with Gasteiger partial charge in [-0.25, -0.2) is 4.79 Å². The fraction of sp³-hybridized carbons (Fsp3) is 0.933. The standard InChI is InChI=1S/C30H50O5/c1-19(7-12-26(32)34-18-27(33)35-28(2,3)4)23-10-11-24-22-9-8-20-17-21(31)13-15-29(20,5)25(22)14-16-30(23,24)6/h19-25,31H,7-18H2,1-6H3/t19-,20-,21-,22+,23-,24+,25+,29+,30-/m1/s1. The monoisotopic (exact) mass is 490 g/mol. The predicted molar refractivity (Wildman–Crippen MR) is 136 cm³/mol. The Morgan fingerprint density at radius 3 is 2.34 bits per heavy atom. The fourth-order valence-electron chi connectivity index (χ4n) is 9.34. The lowest BCUT2D eigenvalue weighted by molar-refractivity contribution is -0.166. The van der Waals surface area contributed by atoms with Gasteiger partial charge in [0.15, 0.2) is 6.61 Å². The van der Waals surface area contributed by atoms with Gasteiger partial charge in [0.1, 0.15) is 5.60 Å². The van der Waals surface area contributed by atoms with E-state index in [4.69, 9.17) is 9.47 Å². The molecule has 0 bridgehead atoms. The Bertz CT molecular complexity index is 786. The average Bonchev–Trinajstić information content (AvgIpc) is 3.12. The third kappa shape index (κ3) is 5.45. The first kappa shape index (κ1) is 26.9. The second kappa shape index (κ2) is 9.99. The van der Waals surface area contributed by atoms with E-state index in [0.29, 0.717) is 35.0 Å². The molecule has 5 heteroatoms. The van der Waals surface area contributed by atoms with E-state index in [9.17, 15) is 14.7 Å². The van der Waals surface area contributed by atoms with Gasteiger partial charge in [0.25, 0.3) is 0 Å². The third-order valence-corrected chi connectivity index (χ3v) is 11.0. The summed E-state index contributed by atoms with van der Waals surface area (Å²) >= 11 is 0. The van der Waals surface area contributed by atoms with Gasteiger partial charge >= 0.3 is 11.9 Å². The Labute approximate surface area is 213 Å². The number of esters is 2. The van der Waals surface area contributed by atoms with Gasteiger partial charge in [0.05, 0.1) is 6.10 Å². The van der Waals surface area contributed by atoms with E-state index in [1.165, 1.54) is 44.9 Å². The van der Waals surface area contributed by atoms with Crippen LogP contribution >= 0.6 is 0 Å². The summed E-state index contributed by atoms with van der Waals surface area (Å²) in [6, 6.07) is 0. The molecule has 0 aliphatic heterocycles. The maximum absolute atomic E-state index is 12.3. The zero-order valence-corrected chi connectivity index (χ0v) is 23.1. The molecule has 9 atom stereocenters. The normalized spacial score (nSPS) is 41.8. The lowest BCUT2D eigenvalue weighted by Gasteiger charge is -2.61. The Morgan fingerprint density at radius 2 is 1.63 bits per heavy atom. The number of aliphatic hydroxyl groups is 1. The van der Waals surface area contributed by atoms with Crippen LogP contribution < -0.4 is 0 Å². The van der Waals surface area contributed by atoms with Crippen molar-refractivity contribution in [1.29, 1.82) is 0 Å². The zero-order chi connectivity index (χ0) is 25.6. The summed E-state index contributed by atoms with van der Waals surface area (Å²) < 4.78 is 10.4. The molecule has 4 aliphatic rings. The number of hydrogen-bond acceptors (Lipinski definition) is 5. The number of ether oxygens (including phenoxy) is 2. The van der Waals surface area contributed by atoms with Crippen LogP contribution in [0.15, 0.2) is 0 Å². The Balaban J connectivity index is 1.31. The Kier molecular flexibility index (Phi) is 7.69. The minimum Gasteiger partial charge on any atom is -0.457 e. The van der Waals surface area contributed by atoms with Crippen LogP contribution in [0.2, 0.25) is 0 Å². The second-order valence-corrected chi connectivity index (χ2v) is 14.1. The molecule has 0 aromatic rings. The van der Waals surface area contributed by atoms with Crippen molar-refractivity contribution in [2.75, 3.05) is 6.61 Å². The lowest BCUT2D eigenvalue weighted by atomic mass is 9.44. The van der Waals surface area contributed by atoms with Crippen LogP contribution in [0.5, 0.6) is 0 Å². The van der Waals surface area contributed by atoms with Crippen LogP contribution in [-0.4, -0.2) is 35.4 Å². The van der Waals surface area contributed by atoms with Gasteiger partial charge in [-0.3, -0.25) is 4.79 Å². The molecule has 0 aromatic carbocycles. The molecule has 0 saturated heterocycles. The highest BCUT2D eigenvalue weighted by Crippen LogP contribution is 2.68. The second-order valence-electron chi connectivity index (χ2n) is 14.1. The highest BCUT2D eigenvalue weighted by molar-refractivity contribution is 5.76.